The van der Waals surface area contributed by atoms with Crippen LogP contribution in [0.1, 0.15) is 24.6 Å². The summed E-state index contributed by atoms with van der Waals surface area (Å²) in [7, 11) is 0. The van der Waals surface area contributed by atoms with E-state index in [1.54, 1.807) is 12.3 Å². The molecule has 2 N–H and O–H groups in total. The standard InChI is InChI=1S/C22H22N8O2S/c23-7-4-19(15-6-9-29(11-15)20-3-1-2-17(28-20)13-33(31)32)30-12-16(10-27-30)21-18-5-8-24-22(18)26-14-25-21/h1-3,5,8,10,12,14-15,19H,4,6,9,11,13H2,(H,31,32)(H,24,25,26). The zero-order valence-electron chi connectivity index (χ0n) is 17.7. The Morgan fingerprint density at radius 2 is 2.24 bits per heavy atom. The molecule has 11 heteroatoms. The molecular weight excluding hydrogens is 440 g/mol. The summed E-state index contributed by atoms with van der Waals surface area (Å²) in [4.78, 5) is 18.5. The van der Waals surface area contributed by atoms with Gasteiger partial charge in [0.2, 0.25) is 0 Å². The topological polar surface area (TPSA) is 137 Å². The van der Waals surface area contributed by atoms with Crippen LogP contribution in [-0.4, -0.2) is 51.6 Å². The van der Waals surface area contributed by atoms with E-state index in [1.807, 2.05) is 35.3 Å². The number of aromatic amines is 1. The molecule has 33 heavy (non-hydrogen) atoms. The number of hydrogen-bond acceptors (Lipinski definition) is 7. The Bertz CT molecular complexity index is 1340. The van der Waals surface area contributed by atoms with Gasteiger partial charge >= 0.3 is 0 Å². The normalized spacial score (nSPS) is 17.8. The fourth-order valence-corrected chi connectivity index (χ4v) is 4.89. The maximum Gasteiger partial charge on any atom is 0.158 e. The van der Waals surface area contributed by atoms with Crippen molar-refractivity contribution >= 4 is 27.9 Å². The number of anilines is 1. The monoisotopic (exact) mass is 462 g/mol. The smallest absolute Gasteiger partial charge is 0.158 e. The molecule has 0 aliphatic carbocycles. The zero-order valence-corrected chi connectivity index (χ0v) is 18.5. The number of rotatable bonds is 7. The minimum absolute atomic E-state index is 0.00961. The third kappa shape index (κ3) is 4.35. The lowest BCUT2D eigenvalue weighted by Crippen LogP contribution is -2.25. The number of H-pyrrole nitrogens is 1. The molecule has 0 spiro atoms. The van der Waals surface area contributed by atoms with Gasteiger partial charge in [0.1, 0.15) is 17.8 Å². The Balaban J connectivity index is 1.37. The Hall–Kier alpha value is -3.62. The quantitative estimate of drug-likeness (QED) is 0.400. The van der Waals surface area contributed by atoms with Gasteiger partial charge in [0, 0.05) is 42.4 Å². The van der Waals surface area contributed by atoms with E-state index in [2.05, 4.69) is 36.0 Å². The SMILES string of the molecule is N#CCC(C1CCN(c2cccc(CS(=O)O)n2)C1)n1cc(-c2ncnc3[nH]ccc23)cn1. The molecular formula is C22H22N8O2S. The van der Waals surface area contributed by atoms with Crippen molar-refractivity contribution in [1.82, 2.24) is 29.7 Å². The van der Waals surface area contributed by atoms with Crippen molar-refractivity contribution in [3.8, 4) is 17.3 Å². The van der Waals surface area contributed by atoms with E-state index >= 15 is 0 Å². The molecule has 3 atom stereocenters. The average Bonchev–Trinajstić information content (AvgIpc) is 3.58. The molecule has 5 heterocycles. The Labute approximate surface area is 192 Å². The lowest BCUT2D eigenvalue weighted by molar-refractivity contribution is 0.332. The van der Waals surface area contributed by atoms with E-state index in [0.717, 1.165) is 47.6 Å². The number of hydrogen-bond donors (Lipinski definition) is 2. The average molecular weight is 463 g/mol. The molecule has 0 saturated carbocycles. The van der Waals surface area contributed by atoms with Crippen LogP contribution in [0.5, 0.6) is 0 Å². The Morgan fingerprint density at radius 1 is 1.33 bits per heavy atom. The molecule has 1 aliphatic rings. The van der Waals surface area contributed by atoms with E-state index in [9.17, 15) is 9.47 Å². The summed E-state index contributed by atoms with van der Waals surface area (Å²) in [5, 5.41) is 15.0. The molecule has 0 radical (unpaired) electrons. The molecule has 5 rings (SSSR count). The number of fused-ring (bicyclic) bond motifs is 1. The van der Waals surface area contributed by atoms with Gasteiger partial charge in [-0.25, -0.2) is 19.2 Å². The van der Waals surface area contributed by atoms with E-state index in [0.29, 0.717) is 12.1 Å². The number of nitriles is 1. The molecule has 0 bridgehead atoms. The molecule has 0 amide bonds. The second kappa shape index (κ2) is 9.09. The van der Waals surface area contributed by atoms with Gasteiger partial charge in [-0.3, -0.25) is 4.68 Å². The first-order valence-corrected chi connectivity index (χ1v) is 11.9. The summed E-state index contributed by atoms with van der Waals surface area (Å²) in [5.74, 6) is 1.01. The molecule has 168 valence electrons. The highest BCUT2D eigenvalue weighted by atomic mass is 32.2. The van der Waals surface area contributed by atoms with Crippen LogP contribution in [0.3, 0.4) is 0 Å². The summed E-state index contributed by atoms with van der Waals surface area (Å²) in [5.41, 5.74) is 3.04. The maximum absolute atomic E-state index is 11.1. The van der Waals surface area contributed by atoms with E-state index in [1.165, 1.54) is 6.33 Å². The van der Waals surface area contributed by atoms with Gasteiger partial charge in [-0.15, -0.1) is 0 Å². The fraction of sp³-hybridized carbons (Fsp3) is 0.318. The summed E-state index contributed by atoms with van der Waals surface area (Å²) >= 11 is -1.93. The van der Waals surface area contributed by atoms with Gasteiger partial charge in [0.05, 0.1) is 41.9 Å². The lowest BCUT2D eigenvalue weighted by atomic mass is 9.96. The van der Waals surface area contributed by atoms with Gasteiger partial charge in [-0.05, 0) is 24.6 Å². The number of aromatic nitrogens is 6. The Morgan fingerprint density at radius 3 is 3.09 bits per heavy atom. The van der Waals surface area contributed by atoms with Crippen LogP contribution in [0.25, 0.3) is 22.3 Å². The highest BCUT2D eigenvalue weighted by Crippen LogP contribution is 2.33. The molecule has 10 nitrogen and oxygen atoms in total. The number of pyridine rings is 1. The fourth-order valence-electron chi connectivity index (χ4n) is 4.47. The molecule has 4 aromatic heterocycles. The van der Waals surface area contributed by atoms with E-state index < -0.39 is 11.1 Å². The second-order valence-electron chi connectivity index (χ2n) is 8.05. The van der Waals surface area contributed by atoms with Crippen molar-refractivity contribution in [1.29, 1.82) is 5.26 Å². The molecule has 1 fully saturated rings. The van der Waals surface area contributed by atoms with Crippen molar-refractivity contribution in [3.05, 3.63) is 54.9 Å². The predicted molar refractivity (Wildman–Crippen MR) is 123 cm³/mol. The first-order chi connectivity index (χ1) is 16.1. The Kier molecular flexibility index (Phi) is 5.85. The first-order valence-electron chi connectivity index (χ1n) is 10.6. The molecule has 1 saturated heterocycles. The molecule has 1 aliphatic heterocycles. The third-order valence-electron chi connectivity index (χ3n) is 6.03. The van der Waals surface area contributed by atoms with Crippen LogP contribution in [0, 0.1) is 17.2 Å². The van der Waals surface area contributed by atoms with Crippen LogP contribution < -0.4 is 4.90 Å². The predicted octanol–water partition coefficient (Wildman–Crippen LogP) is 2.92. The van der Waals surface area contributed by atoms with E-state index in [-0.39, 0.29) is 17.7 Å². The second-order valence-corrected chi connectivity index (χ2v) is 8.98. The zero-order chi connectivity index (χ0) is 22.8. The highest BCUT2D eigenvalue weighted by molar-refractivity contribution is 7.78. The van der Waals surface area contributed by atoms with Gasteiger partial charge < -0.3 is 14.4 Å². The van der Waals surface area contributed by atoms with Crippen molar-refractivity contribution in [2.24, 2.45) is 5.92 Å². The van der Waals surface area contributed by atoms with Gasteiger partial charge in [0.15, 0.2) is 11.1 Å². The van der Waals surface area contributed by atoms with E-state index in [4.69, 9.17) is 4.55 Å². The van der Waals surface area contributed by atoms with Crippen molar-refractivity contribution in [2.45, 2.75) is 24.6 Å². The summed E-state index contributed by atoms with van der Waals surface area (Å²) < 4.78 is 22.2. The van der Waals surface area contributed by atoms with Gasteiger partial charge in [-0.2, -0.15) is 10.4 Å². The van der Waals surface area contributed by atoms with Crippen LogP contribution in [0.15, 0.2) is 49.2 Å². The van der Waals surface area contributed by atoms with Crippen LogP contribution in [-0.2, 0) is 16.8 Å². The minimum atomic E-state index is -1.93. The summed E-state index contributed by atoms with van der Waals surface area (Å²) in [6.07, 6.45) is 8.34. The van der Waals surface area contributed by atoms with Crippen molar-refractivity contribution in [3.63, 3.8) is 0 Å². The lowest BCUT2D eigenvalue weighted by Gasteiger charge is -2.23. The third-order valence-corrected chi connectivity index (χ3v) is 6.57. The molecule has 3 unspecified atom stereocenters. The van der Waals surface area contributed by atoms with Gasteiger partial charge in [-0.1, -0.05) is 6.07 Å². The van der Waals surface area contributed by atoms with Crippen LogP contribution >= 0.6 is 0 Å². The van der Waals surface area contributed by atoms with Crippen LogP contribution in [0.4, 0.5) is 5.82 Å². The largest absolute Gasteiger partial charge is 0.356 e. The van der Waals surface area contributed by atoms with Crippen molar-refractivity contribution < 1.29 is 8.76 Å². The van der Waals surface area contributed by atoms with Crippen molar-refractivity contribution in [2.75, 3.05) is 18.0 Å². The highest BCUT2D eigenvalue weighted by Gasteiger charge is 2.32. The van der Waals surface area contributed by atoms with Crippen LogP contribution in [0.2, 0.25) is 0 Å². The molecule has 4 aromatic rings. The number of nitrogens with zero attached hydrogens (tertiary/aromatic N) is 7. The number of nitrogens with one attached hydrogen (secondary N) is 1. The van der Waals surface area contributed by atoms with Gasteiger partial charge in [0.25, 0.3) is 0 Å². The first kappa shape index (κ1) is 21.2. The summed E-state index contributed by atoms with van der Waals surface area (Å²) in [6.45, 7) is 1.53. The summed E-state index contributed by atoms with van der Waals surface area (Å²) in [6, 6.07) is 9.70. The minimum Gasteiger partial charge on any atom is -0.356 e. The maximum atomic E-state index is 11.1. The molecule has 0 aromatic carbocycles.